The molecule has 3 rings (SSSR count). The molecule has 19 heavy (non-hydrogen) atoms. The number of aromatic nitrogens is 2. The summed E-state index contributed by atoms with van der Waals surface area (Å²) >= 11 is 6.60. The van der Waals surface area contributed by atoms with Gasteiger partial charge in [0.05, 0.1) is 0 Å². The van der Waals surface area contributed by atoms with Gasteiger partial charge < -0.3 is 5.73 Å². The molecule has 0 bridgehead atoms. The van der Waals surface area contributed by atoms with Crippen LogP contribution in [0.15, 0.2) is 45.5 Å². The zero-order valence-electron chi connectivity index (χ0n) is 9.57. The summed E-state index contributed by atoms with van der Waals surface area (Å²) in [6.07, 6.45) is 1.80. The lowest BCUT2D eigenvalue weighted by Crippen LogP contribution is -1.95. The van der Waals surface area contributed by atoms with Gasteiger partial charge in [-0.1, -0.05) is 15.9 Å². The lowest BCUT2D eigenvalue weighted by atomic mass is 10.1. The number of imidazole rings is 1. The minimum absolute atomic E-state index is 0.358. The summed E-state index contributed by atoms with van der Waals surface area (Å²) in [7, 11) is 0. The Balaban J connectivity index is 2.28. The molecule has 2 heterocycles. The lowest BCUT2D eigenvalue weighted by Gasteiger charge is -2.02. The van der Waals surface area contributed by atoms with Gasteiger partial charge in [0, 0.05) is 20.7 Å². The van der Waals surface area contributed by atoms with Crippen molar-refractivity contribution in [3.63, 3.8) is 0 Å². The third-order valence-corrected chi connectivity index (χ3v) is 3.77. The Morgan fingerprint density at radius 2 is 1.84 bits per heavy atom. The van der Waals surface area contributed by atoms with Crippen LogP contribution >= 0.6 is 31.9 Å². The van der Waals surface area contributed by atoms with E-state index in [1.54, 1.807) is 22.7 Å². The fourth-order valence-electron chi connectivity index (χ4n) is 1.92. The van der Waals surface area contributed by atoms with E-state index in [-0.39, 0.29) is 5.82 Å². The maximum Gasteiger partial charge on any atom is 0.139 e. The average Bonchev–Trinajstić information content (AvgIpc) is 2.67. The van der Waals surface area contributed by atoms with E-state index in [4.69, 9.17) is 5.73 Å². The van der Waals surface area contributed by atoms with Crippen molar-refractivity contribution in [1.82, 2.24) is 9.38 Å². The lowest BCUT2D eigenvalue weighted by molar-refractivity contribution is 0.630. The molecule has 6 heteroatoms. The van der Waals surface area contributed by atoms with E-state index in [0.717, 1.165) is 4.47 Å². The summed E-state index contributed by atoms with van der Waals surface area (Å²) < 4.78 is 17.3. The minimum atomic E-state index is -0.358. The Hall–Kier alpha value is -1.40. The van der Waals surface area contributed by atoms with Gasteiger partial charge in [-0.05, 0) is 46.3 Å². The highest BCUT2D eigenvalue weighted by molar-refractivity contribution is 9.10. The monoisotopic (exact) mass is 383 g/mol. The van der Waals surface area contributed by atoms with Crippen molar-refractivity contribution >= 4 is 43.3 Å². The summed E-state index contributed by atoms with van der Waals surface area (Å²) in [5, 5.41) is 0. The summed E-state index contributed by atoms with van der Waals surface area (Å²) in [5.74, 6) is 0.0565. The molecule has 96 valence electrons. The van der Waals surface area contributed by atoms with E-state index in [2.05, 4.69) is 36.8 Å². The number of rotatable bonds is 1. The molecular formula is C13H8Br2FN3. The molecule has 0 radical (unpaired) electrons. The molecule has 0 saturated heterocycles. The highest BCUT2D eigenvalue weighted by Crippen LogP contribution is 2.30. The second kappa shape index (κ2) is 4.61. The van der Waals surface area contributed by atoms with Crippen molar-refractivity contribution in [3.8, 4) is 11.3 Å². The third-order valence-electron chi connectivity index (χ3n) is 2.81. The molecule has 0 aliphatic carbocycles. The van der Waals surface area contributed by atoms with Gasteiger partial charge >= 0.3 is 0 Å². The number of halogens is 3. The van der Waals surface area contributed by atoms with Gasteiger partial charge in [0.1, 0.15) is 23.0 Å². The molecule has 0 atom stereocenters. The Labute approximate surface area is 125 Å². The molecule has 3 nitrogen and oxygen atoms in total. The number of nitrogens with two attached hydrogens (primary N) is 1. The van der Waals surface area contributed by atoms with E-state index < -0.39 is 0 Å². The first kappa shape index (κ1) is 12.6. The van der Waals surface area contributed by atoms with E-state index in [1.165, 1.54) is 6.07 Å². The van der Waals surface area contributed by atoms with Crippen LogP contribution in [0.3, 0.4) is 0 Å². The van der Waals surface area contributed by atoms with Crippen LogP contribution in [0.4, 0.5) is 10.2 Å². The predicted octanol–water partition coefficient (Wildman–Crippen LogP) is 4.25. The van der Waals surface area contributed by atoms with Crippen molar-refractivity contribution < 1.29 is 4.39 Å². The summed E-state index contributed by atoms with van der Waals surface area (Å²) in [6, 6.07) is 8.50. The Kier molecular flexibility index (Phi) is 3.06. The number of pyridine rings is 1. The maximum absolute atomic E-state index is 14.0. The Morgan fingerprint density at radius 3 is 2.58 bits per heavy atom. The van der Waals surface area contributed by atoms with Crippen LogP contribution in [0.25, 0.3) is 16.9 Å². The van der Waals surface area contributed by atoms with Crippen LogP contribution in [0.2, 0.25) is 0 Å². The molecule has 0 aliphatic rings. The Bertz CT molecular complexity index is 783. The third kappa shape index (κ3) is 2.15. The van der Waals surface area contributed by atoms with Gasteiger partial charge in [0.25, 0.3) is 0 Å². The van der Waals surface area contributed by atoms with Crippen molar-refractivity contribution in [2.24, 2.45) is 0 Å². The van der Waals surface area contributed by atoms with Crippen molar-refractivity contribution in [2.75, 3.05) is 5.73 Å². The zero-order chi connectivity index (χ0) is 13.6. The Morgan fingerprint density at radius 1 is 1.11 bits per heavy atom. The van der Waals surface area contributed by atoms with Crippen molar-refractivity contribution in [3.05, 3.63) is 51.3 Å². The number of fused-ring (bicyclic) bond motifs is 1. The van der Waals surface area contributed by atoms with Gasteiger partial charge in [-0.25, -0.2) is 9.37 Å². The van der Waals surface area contributed by atoms with Gasteiger partial charge in [0.2, 0.25) is 0 Å². The van der Waals surface area contributed by atoms with Crippen molar-refractivity contribution in [1.29, 1.82) is 0 Å². The molecule has 1 aromatic carbocycles. The van der Waals surface area contributed by atoms with E-state index in [1.807, 2.05) is 12.1 Å². The minimum Gasteiger partial charge on any atom is -0.383 e. The molecule has 0 aliphatic heterocycles. The van der Waals surface area contributed by atoms with Gasteiger partial charge in [-0.3, -0.25) is 4.40 Å². The number of hydrogen-bond acceptors (Lipinski definition) is 2. The van der Waals surface area contributed by atoms with E-state index in [0.29, 0.717) is 27.2 Å². The second-order valence-corrected chi connectivity index (χ2v) is 5.88. The number of nitrogen functional groups attached to an aromatic ring is 1. The summed E-state index contributed by atoms with van der Waals surface area (Å²) in [4.78, 5) is 4.38. The molecule has 0 saturated carbocycles. The molecule has 0 unspecified atom stereocenters. The fraction of sp³-hybridized carbons (Fsp3) is 0. The maximum atomic E-state index is 14.0. The first-order valence-corrected chi connectivity index (χ1v) is 7.03. The molecule has 0 amide bonds. The van der Waals surface area contributed by atoms with Crippen molar-refractivity contribution in [2.45, 2.75) is 0 Å². The van der Waals surface area contributed by atoms with Gasteiger partial charge in [-0.15, -0.1) is 0 Å². The molecule has 3 aromatic rings. The number of anilines is 1. The quantitative estimate of drug-likeness (QED) is 0.681. The highest BCUT2D eigenvalue weighted by atomic mass is 79.9. The molecule has 0 fully saturated rings. The SMILES string of the molecule is Nc1c(-c2ccc(Br)cc2F)nc2ccc(Br)cn12. The van der Waals surface area contributed by atoms with Crippen LogP contribution in [0.1, 0.15) is 0 Å². The average molecular weight is 385 g/mol. The number of hydrogen-bond donors (Lipinski definition) is 1. The topological polar surface area (TPSA) is 43.3 Å². The van der Waals surface area contributed by atoms with Gasteiger partial charge in [-0.2, -0.15) is 0 Å². The summed E-state index contributed by atoms with van der Waals surface area (Å²) in [5.41, 5.74) is 7.56. The highest BCUT2D eigenvalue weighted by Gasteiger charge is 2.15. The molecule has 0 spiro atoms. The molecular weight excluding hydrogens is 377 g/mol. The number of nitrogens with zero attached hydrogens (tertiary/aromatic N) is 2. The smallest absolute Gasteiger partial charge is 0.139 e. The van der Waals surface area contributed by atoms with Crippen LogP contribution in [0.5, 0.6) is 0 Å². The first-order valence-electron chi connectivity index (χ1n) is 5.45. The molecule has 2 N–H and O–H groups in total. The molecule has 2 aromatic heterocycles. The standard InChI is InChI=1S/C13H8Br2FN3/c14-7-1-3-9(10(16)5-7)12-13(17)19-6-8(15)2-4-11(19)18-12/h1-6H,17H2. The normalized spacial score (nSPS) is 11.1. The van der Waals surface area contributed by atoms with Gasteiger partial charge in [0.15, 0.2) is 0 Å². The fourth-order valence-corrected chi connectivity index (χ4v) is 2.59. The number of benzene rings is 1. The van der Waals surface area contributed by atoms with Crippen LogP contribution in [-0.2, 0) is 0 Å². The van der Waals surface area contributed by atoms with E-state index >= 15 is 0 Å². The van der Waals surface area contributed by atoms with Crippen LogP contribution < -0.4 is 5.73 Å². The second-order valence-electron chi connectivity index (χ2n) is 4.05. The van der Waals surface area contributed by atoms with Crippen LogP contribution in [0, 0.1) is 5.82 Å². The largest absolute Gasteiger partial charge is 0.383 e. The predicted molar refractivity (Wildman–Crippen MR) is 80.4 cm³/mol. The van der Waals surface area contributed by atoms with E-state index in [9.17, 15) is 4.39 Å². The summed E-state index contributed by atoms with van der Waals surface area (Å²) in [6.45, 7) is 0. The first-order chi connectivity index (χ1) is 9.06. The zero-order valence-corrected chi connectivity index (χ0v) is 12.7. The van der Waals surface area contributed by atoms with Crippen LogP contribution in [-0.4, -0.2) is 9.38 Å².